The Kier molecular flexibility index (Phi) is 7.95. The van der Waals surface area contributed by atoms with Gasteiger partial charge in [-0.3, -0.25) is 0 Å². The van der Waals surface area contributed by atoms with Crippen LogP contribution in [0, 0.1) is 0 Å². The van der Waals surface area contributed by atoms with Gasteiger partial charge in [-0.25, -0.2) is 17.9 Å². The molecule has 1 saturated carbocycles. The third-order valence-corrected chi connectivity index (χ3v) is 7.15. The van der Waals surface area contributed by atoms with Crippen LogP contribution in [-0.2, 0) is 20.9 Å². The average Bonchev–Trinajstić information content (AvgIpc) is 3.12. The Hall–Kier alpha value is -1.85. The Labute approximate surface area is 193 Å². The summed E-state index contributed by atoms with van der Waals surface area (Å²) in [5.41, 5.74) is -0.243. The van der Waals surface area contributed by atoms with Gasteiger partial charge in [0.25, 0.3) is 0 Å². The minimum absolute atomic E-state index is 0.143. The van der Waals surface area contributed by atoms with Crippen LogP contribution in [0.3, 0.4) is 0 Å². The van der Waals surface area contributed by atoms with E-state index in [0.29, 0.717) is 44.2 Å². The number of hydrogen-bond donors (Lipinski definition) is 1. The highest BCUT2D eigenvalue weighted by Crippen LogP contribution is 2.41. The summed E-state index contributed by atoms with van der Waals surface area (Å²) >= 11 is 0. The second kappa shape index (κ2) is 10.2. The van der Waals surface area contributed by atoms with E-state index in [-0.39, 0.29) is 24.7 Å². The lowest BCUT2D eigenvalue weighted by molar-refractivity contribution is -0.138. The number of amides is 2. The topological polar surface area (TPSA) is 79.0 Å². The molecule has 0 spiro atoms. The summed E-state index contributed by atoms with van der Waals surface area (Å²) in [6, 6.07) is 4.62. The van der Waals surface area contributed by atoms with E-state index in [9.17, 15) is 26.4 Å². The van der Waals surface area contributed by atoms with Crippen LogP contribution in [0.25, 0.3) is 0 Å². The Morgan fingerprint density at radius 1 is 1.15 bits per heavy atom. The summed E-state index contributed by atoms with van der Waals surface area (Å²) in [6.45, 7) is 0.584. The minimum Gasteiger partial charge on any atom is -0.376 e. The van der Waals surface area contributed by atoms with Crippen molar-refractivity contribution in [3.05, 3.63) is 35.4 Å². The summed E-state index contributed by atoms with van der Waals surface area (Å²) < 4.78 is 72.4. The second-order valence-corrected chi connectivity index (χ2v) is 10.9. The van der Waals surface area contributed by atoms with Gasteiger partial charge < -0.3 is 14.5 Å². The Morgan fingerprint density at radius 3 is 2.36 bits per heavy atom. The van der Waals surface area contributed by atoms with Crippen LogP contribution in [0.15, 0.2) is 24.3 Å². The molecule has 2 atom stereocenters. The zero-order chi connectivity index (χ0) is 24.4. The molecule has 33 heavy (non-hydrogen) atoms. The number of carbonyl (C=O) groups is 1. The van der Waals surface area contributed by atoms with Crippen LogP contribution in [0.4, 0.5) is 18.0 Å². The van der Waals surface area contributed by atoms with Gasteiger partial charge in [0.05, 0.1) is 30.6 Å². The van der Waals surface area contributed by atoms with Gasteiger partial charge in [-0.1, -0.05) is 18.2 Å². The molecule has 1 heterocycles. The predicted molar refractivity (Wildman–Crippen MR) is 118 cm³/mol. The maximum absolute atomic E-state index is 13.4. The number of hydrogen-bond acceptors (Lipinski definition) is 4. The largest absolute Gasteiger partial charge is 0.416 e. The quantitative estimate of drug-likeness (QED) is 0.662. The van der Waals surface area contributed by atoms with Gasteiger partial charge in [-0.05, 0) is 49.7 Å². The molecule has 1 saturated heterocycles. The standard InChI is InChI=1S/C22H32F3N3O4S/c1-27(2)21(29)28-13-12-19(26-33(3,30)31)20(28)14-32-16-10-8-15(9-11-16)17-6-4-5-7-18(17)22(23,24)25/h4-7,15-16,19-20,26H,8-14H2,1-3H3/t15?,16?,19-,20-/m0/s1. The van der Waals surface area contributed by atoms with E-state index in [1.807, 2.05) is 0 Å². The zero-order valence-electron chi connectivity index (χ0n) is 19.1. The molecule has 0 aromatic heterocycles. The molecule has 3 rings (SSSR count). The second-order valence-electron chi connectivity index (χ2n) is 9.11. The van der Waals surface area contributed by atoms with Crippen LogP contribution in [0.5, 0.6) is 0 Å². The van der Waals surface area contributed by atoms with Crippen molar-refractivity contribution >= 4 is 16.1 Å². The predicted octanol–water partition coefficient (Wildman–Crippen LogP) is 3.42. The molecule has 7 nitrogen and oxygen atoms in total. The summed E-state index contributed by atoms with van der Waals surface area (Å²) in [5, 5.41) is 0. The highest BCUT2D eigenvalue weighted by molar-refractivity contribution is 7.88. The maximum Gasteiger partial charge on any atom is 0.416 e. The molecular formula is C22H32F3N3O4S. The number of nitrogens with one attached hydrogen (secondary N) is 1. The van der Waals surface area contributed by atoms with Crippen molar-refractivity contribution in [1.82, 2.24) is 14.5 Å². The fourth-order valence-electron chi connectivity index (χ4n) is 4.85. The summed E-state index contributed by atoms with van der Waals surface area (Å²) in [7, 11) is -0.183. The molecule has 2 fully saturated rings. The number of carbonyl (C=O) groups excluding carboxylic acids is 1. The number of nitrogens with zero attached hydrogens (tertiary/aromatic N) is 2. The first-order chi connectivity index (χ1) is 15.4. The number of urea groups is 1. The Morgan fingerprint density at radius 2 is 1.79 bits per heavy atom. The normalized spacial score (nSPS) is 26.4. The summed E-state index contributed by atoms with van der Waals surface area (Å²) in [4.78, 5) is 15.6. The minimum atomic E-state index is -4.38. The van der Waals surface area contributed by atoms with Crippen LogP contribution < -0.4 is 4.72 Å². The van der Waals surface area contributed by atoms with Crippen molar-refractivity contribution in [3.8, 4) is 0 Å². The molecule has 1 aromatic carbocycles. The average molecular weight is 492 g/mol. The molecule has 2 aliphatic rings. The first kappa shape index (κ1) is 25.8. The van der Waals surface area contributed by atoms with E-state index in [2.05, 4.69) is 4.72 Å². The van der Waals surface area contributed by atoms with Crippen LogP contribution >= 0.6 is 0 Å². The number of sulfonamides is 1. The van der Waals surface area contributed by atoms with E-state index in [1.165, 1.54) is 11.0 Å². The molecule has 2 amide bonds. The van der Waals surface area contributed by atoms with E-state index in [4.69, 9.17) is 4.74 Å². The molecule has 0 radical (unpaired) electrons. The molecular weight excluding hydrogens is 459 g/mol. The first-order valence-corrected chi connectivity index (χ1v) is 13.0. The molecule has 1 N–H and O–H groups in total. The Bertz CT molecular complexity index is 931. The summed E-state index contributed by atoms with van der Waals surface area (Å²) in [6.07, 6.45) is -0.582. The molecule has 1 aromatic rings. The van der Waals surface area contributed by atoms with Crippen molar-refractivity contribution in [2.75, 3.05) is 33.5 Å². The zero-order valence-corrected chi connectivity index (χ0v) is 20.0. The van der Waals surface area contributed by atoms with Gasteiger partial charge in [0, 0.05) is 26.7 Å². The first-order valence-electron chi connectivity index (χ1n) is 11.1. The number of alkyl halides is 3. The van der Waals surface area contributed by atoms with Crippen LogP contribution in [0.1, 0.15) is 49.1 Å². The molecule has 1 aliphatic heterocycles. The number of halogens is 3. The molecule has 11 heteroatoms. The number of likely N-dealkylation sites (tertiary alicyclic amines) is 1. The van der Waals surface area contributed by atoms with Gasteiger partial charge in [0.1, 0.15) is 0 Å². The van der Waals surface area contributed by atoms with E-state index >= 15 is 0 Å². The molecule has 0 bridgehead atoms. The monoisotopic (exact) mass is 491 g/mol. The maximum atomic E-state index is 13.4. The van der Waals surface area contributed by atoms with Crippen molar-refractivity contribution in [1.29, 1.82) is 0 Å². The fourth-order valence-corrected chi connectivity index (χ4v) is 5.68. The number of rotatable bonds is 6. The SMILES string of the molecule is CN(C)C(=O)N1CC[C@H](NS(C)(=O)=O)[C@@H]1COC1CCC(c2ccccc2C(F)(F)F)CC1. The highest BCUT2D eigenvalue weighted by atomic mass is 32.2. The van der Waals surface area contributed by atoms with Gasteiger partial charge in [0.15, 0.2) is 0 Å². The lowest BCUT2D eigenvalue weighted by Crippen LogP contribution is -2.51. The van der Waals surface area contributed by atoms with Gasteiger partial charge in [-0.15, -0.1) is 0 Å². The van der Waals surface area contributed by atoms with E-state index in [0.717, 1.165) is 12.3 Å². The van der Waals surface area contributed by atoms with Gasteiger partial charge >= 0.3 is 12.2 Å². The molecule has 186 valence electrons. The van der Waals surface area contributed by atoms with Crippen LogP contribution in [-0.4, -0.2) is 75.9 Å². The number of ether oxygens (including phenoxy) is 1. The third-order valence-electron chi connectivity index (χ3n) is 6.42. The molecule has 1 aliphatic carbocycles. The van der Waals surface area contributed by atoms with E-state index in [1.54, 1.807) is 31.1 Å². The van der Waals surface area contributed by atoms with Crippen molar-refractivity contribution < 1.29 is 31.1 Å². The smallest absolute Gasteiger partial charge is 0.376 e. The lowest BCUT2D eigenvalue weighted by atomic mass is 9.81. The summed E-state index contributed by atoms with van der Waals surface area (Å²) in [5.74, 6) is -0.180. The lowest BCUT2D eigenvalue weighted by Gasteiger charge is -2.34. The fraction of sp³-hybridized carbons (Fsp3) is 0.682. The van der Waals surface area contributed by atoms with Crippen molar-refractivity contribution in [2.45, 2.75) is 62.4 Å². The van der Waals surface area contributed by atoms with Gasteiger partial charge in [0.2, 0.25) is 10.0 Å². The van der Waals surface area contributed by atoms with E-state index < -0.39 is 33.8 Å². The van der Waals surface area contributed by atoms with Gasteiger partial charge in [-0.2, -0.15) is 13.2 Å². The van der Waals surface area contributed by atoms with Crippen molar-refractivity contribution in [2.24, 2.45) is 0 Å². The van der Waals surface area contributed by atoms with Crippen molar-refractivity contribution in [3.63, 3.8) is 0 Å². The third kappa shape index (κ3) is 6.60. The van der Waals surface area contributed by atoms with Crippen LogP contribution in [0.2, 0.25) is 0 Å². The molecule has 0 unspecified atom stereocenters. The Balaban J connectivity index is 1.62. The highest BCUT2D eigenvalue weighted by Gasteiger charge is 2.40. The number of benzene rings is 1.